The molecule has 0 aliphatic carbocycles. The predicted octanol–water partition coefficient (Wildman–Crippen LogP) is 1.75. The van der Waals surface area contributed by atoms with Gasteiger partial charge in [-0.25, -0.2) is 4.98 Å². The van der Waals surface area contributed by atoms with Gasteiger partial charge in [0, 0.05) is 5.02 Å². The Labute approximate surface area is 104 Å². The van der Waals surface area contributed by atoms with Crippen LogP contribution in [0.2, 0.25) is 5.02 Å². The van der Waals surface area contributed by atoms with Crippen LogP contribution in [0.3, 0.4) is 0 Å². The van der Waals surface area contributed by atoms with Crippen LogP contribution in [0.4, 0.5) is 23.0 Å². The van der Waals surface area contributed by atoms with E-state index in [0.717, 1.165) is 0 Å². The predicted molar refractivity (Wildman–Crippen MR) is 73.3 cm³/mol. The fourth-order valence-corrected chi connectivity index (χ4v) is 1.20. The molecule has 0 bridgehead atoms. The third-order valence-electron chi connectivity index (χ3n) is 1.84. The molecule has 0 spiro atoms. The first-order chi connectivity index (χ1) is 7.99. The normalized spacial score (nSPS) is 9.24. The van der Waals surface area contributed by atoms with E-state index in [-0.39, 0.29) is 0 Å². The second kappa shape index (κ2) is 5.81. The van der Waals surface area contributed by atoms with E-state index in [0.29, 0.717) is 28.0 Å². The molecule has 0 fully saturated rings. The van der Waals surface area contributed by atoms with Crippen molar-refractivity contribution in [3.8, 4) is 0 Å². The van der Waals surface area contributed by atoms with Crippen LogP contribution in [-0.4, -0.2) is 4.98 Å². The average molecular weight is 252 g/mol. The minimum absolute atomic E-state index is 0.463. The second-order valence-corrected chi connectivity index (χ2v) is 3.70. The van der Waals surface area contributed by atoms with E-state index in [1.807, 2.05) is 0 Å². The van der Waals surface area contributed by atoms with Crippen molar-refractivity contribution in [1.29, 1.82) is 0 Å². The van der Waals surface area contributed by atoms with Gasteiger partial charge in [-0.3, -0.25) is 0 Å². The number of nitrogens with two attached hydrogens (primary N) is 4. The van der Waals surface area contributed by atoms with Crippen molar-refractivity contribution in [3.63, 3.8) is 0 Å². The van der Waals surface area contributed by atoms with Crippen molar-refractivity contribution >= 4 is 34.6 Å². The van der Waals surface area contributed by atoms with Crippen LogP contribution in [-0.2, 0) is 0 Å². The smallest absolute Gasteiger partial charge is 0.125 e. The molecular weight excluding hydrogens is 238 g/mol. The Balaban J connectivity index is 0.000000171. The molecule has 0 radical (unpaired) electrons. The van der Waals surface area contributed by atoms with Gasteiger partial charge in [0.15, 0.2) is 0 Å². The van der Waals surface area contributed by atoms with E-state index in [2.05, 4.69) is 4.98 Å². The molecule has 8 N–H and O–H groups in total. The summed E-state index contributed by atoms with van der Waals surface area (Å²) in [4.78, 5) is 3.73. The van der Waals surface area contributed by atoms with Gasteiger partial charge in [-0.2, -0.15) is 0 Å². The van der Waals surface area contributed by atoms with E-state index in [1.165, 1.54) is 0 Å². The minimum Gasteiger partial charge on any atom is -0.397 e. The van der Waals surface area contributed by atoms with Gasteiger partial charge in [-0.1, -0.05) is 17.7 Å². The summed E-state index contributed by atoms with van der Waals surface area (Å²) in [5.41, 5.74) is 22.5. The standard InChI is InChI=1S/C6H7ClN2.C5H7N3/c7-4-1-2-5(8)6(9)3-4;6-4-2-1-3-5(7)8-4/h1-3H,8-9H2;1-3H,(H4,6,7,8). The molecule has 1 heterocycles. The number of nitrogen functional groups attached to an aromatic ring is 4. The molecule has 0 saturated carbocycles. The number of rotatable bonds is 0. The van der Waals surface area contributed by atoms with Crippen LogP contribution in [0.1, 0.15) is 0 Å². The molecule has 2 aromatic rings. The highest BCUT2D eigenvalue weighted by Gasteiger charge is 1.92. The van der Waals surface area contributed by atoms with E-state index < -0.39 is 0 Å². The zero-order valence-electron chi connectivity index (χ0n) is 9.10. The zero-order valence-corrected chi connectivity index (χ0v) is 9.85. The van der Waals surface area contributed by atoms with Crippen LogP contribution in [0.25, 0.3) is 0 Å². The molecule has 1 aromatic carbocycles. The fourth-order valence-electron chi connectivity index (χ4n) is 1.01. The first-order valence-corrected chi connectivity index (χ1v) is 5.15. The summed E-state index contributed by atoms with van der Waals surface area (Å²) >= 11 is 5.58. The Morgan fingerprint density at radius 3 is 1.76 bits per heavy atom. The lowest BCUT2D eigenvalue weighted by Gasteiger charge is -1.97. The Morgan fingerprint density at radius 2 is 1.41 bits per heavy atom. The lowest BCUT2D eigenvalue weighted by atomic mass is 10.3. The number of aromatic nitrogens is 1. The van der Waals surface area contributed by atoms with E-state index in [1.54, 1.807) is 36.4 Å². The quantitative estimate of drug-likeness (QED) is 0.532. The number of nitrogens with zero attached hydrogens (tertiary/aromatic N) is 1. The summed E-state index contributed by atoms with van der Waals surface area (Å²) in [5.74, 6) is 0.926. The molecule has 5 nitrogen and oxygen atoms in total. The van der Waals surface area contributed by atoms with Gasteiger partial charge in [0.05, 0.1) is 11.4 Å². The summed E-state index contributed by atoms with van der Waals surface area (Å²) in [6, 6.07) is 10.1. The van der Waals surface area contributed by atoms with Gasteiger partial charge in [0.1, 0.15) is 11.6 Å². The number of hydrogen-bond donors (Lipinski definition) is 4. The molecule has 0 aliphatic heterocycles. The Bertz CT molecular complexity index is 484. The van der Waals surface area contributed by atoms with E-state index in [9.17, 15) is 0 Å². The molecular formula is C11H14ClN5. The summed E-state index contributed by atoms with van der Waals surface area (Å²) in [6.45, 7) is 0. The second-order valence-electron chi connectivity index (χ2n) is 3.26. The van der Waals surface area contributed by atoms with Crippen molar-refractivity contribution in [1.82, 2.24) is 4.98 Å². The summed E-state index contributed by atoms with van der Waals surface area (Å²) < 4.78 is 0. The average Bonchev–Trinajstić information content (AvgIpc) is 2.24. The third kappa shape index (κ3) is 4.48. The van der Waals surface area contributed by atoms with Crippen molar-refractivity contribution in [3.05, 3.63) is 41.4 Å². The van der Waals surface area contributed by atoms with Gasteiger partial charge in [0.25, 0.3) is 0 Å². The third-order valence-corrected chi connectivity index (χ3v) is 2.08. The topological polar surface area (TPSA) is 117 Å². The first-order valence-electron chi connectivity index (χ1n) is 4.77. The number of hydrogen-bond acceptors (Lipinski definition) is 5. The van der Waals surface area contributed by atoms with Gasteiger partial charge < -0.3 is 22.9 Å². The number of benzene rings is 1. The lowest BCUT2D eigenvalue weighted by molar-refractivity contribution is 1.34. The molecule has 1 aromatic heterocycles. The Morgan fingerprint density at radius 1 is 0.824 bits per heavy atom. The summed E-state index contributed by atoms with van der Waals surface area (Å²) in [6.07, 6.45) is 0. The van der Waals surface area contributed by atoms with Gasteiger partial charge >= 0.3 is 0 Å². The van der Waals surface area contributed by atoms with Crippen LogP contribution in [0.5, 0.6) is 0 Å². The lowest BCUT2D eigenvalue weighted by Crippen LogP contribution is -1.93. The zero-order chi connectivity index (χ0) is 12.8. The van der Waals surface area contributed by atoms with Crippen molar-refractivity contribution < 1.29 is 0 Å². The number of anilines is 4. The largest absolute Gasteiger partial charge is 0.397 e. The monoisotopic (exact) mass is 251 g/mol. The highest BCUT2D eigenvalue weighted by atomic mass is 35.5. The molecule has 17 heavy (non-hydrogen) atoms. The van der Waals surface area contributed by atoms with Crippen molar-refractivity contribution in [2.45, 2.75) is 0 Å². The Kier molecular flexibility index (Phi) is 4.42. The van der Waals surface area contributed by atoms with Gasteiger partial charge in [-0.05, 0) is 30.3 Å². The van der Waals surface area contributed by atoms with Crippen LogP contribution < -0.4 is 22.9 Å². The first kappa shape index (κ1) is 12.9. The highest BCUT2D eigenvalue weighted by Crippen LogP contribution is 2.18. The van der Waals surface area contributed by atoms with Gasteiger partial charge in [-0.15, -0.1) is 0 Å². The summed E-state index contributed by atoms with van der Waals surface area (Å²) in [7, 11) is 0. The molecule has 0 saturated heterocycles. The van der Waals surface area contributed by atoms with Crippen molar-refractivity contribution in [2.75, 3.05) is 22.9 Å². The van der Waals surface area contributed by atoms with Gasteiger partial charge in [0.2, 0.25) is 0 Å². The highest BCUT2D eigenvalue weighted by molar-refractivity contribution is 6.31. The molecule has 0 amide bonds. The molecule has 90 valence electrons. The molecule has 0 atom stereocenters. The molecule has 2 rings (SSSR count). The SMILES string of the molecule is Nc1ccc(Cl)cc1N.Nc1cccc(N)n1. The molecule has 0 aliphatic rings. The number of pyridine rings is 1. The molecule has 6 heteroatoms. The van der Waals surface area contributed by atoms with E-state index >= 15 is 0 Å². The molecule has 0 unspecified atom stereocenters. The van der Waals surface area contributed by atoms with E-state index in [4.69, 9.17) is 34.5 Å². The van der Waals surface area contributed by atoms with Crippen LogP contribution in [0.15, 0.2) is 36.4 Å². The maximum absolute atomic E-state index is 5.58. The fraction of sp³-hybridized carbons (Fsp3) is 0. The summed E-state index contributed by atoms with van der Waals surface area (Å²) in [5, 5.41) is 0.613. The maximum Gasteiger partial charge on any atom is 0.125 e. The van der Waals surface area contributed by atoms with Crippen LogP contribution >= 0.6 is 11.6 Å². The Hall–Kier alpha value is -2.14. The maximum atomic E-state index is 5.58. The van der Waals surface area contributed by atoms with Crippen molar-refractivity contribution in [2.24, 2.45) is 0 Å². The van der Waals surface area contributed by atoms with Crippen LogP contribution in [0, 0.1) is 0 Å². The minimum atomic E-state index is 0.463. The number of halogens is 1.